The van der Waals surface area contributed by atoms with Crippen molar-refractivity contribution < 1.29 is 5.21 Å². The molecular weight excluding hydrogens is 221 g/mol. The van der Waals surface area contributed by atoms with Crippen LogP contribution in [0, 0.1) is 13.8 Å². The first kappa shape index (κ1) is 11.8. The van der Waals surface area contributed by atoms with E-state index in [9.17, 15) is 5.21 Å². The van der Waals surface area contributed by atoms with Gasteiger partial charge in [-0.25, -0.2) is 0 Å². The van der Waals surface area contributed by atoms with Crippen molar-refractivity contribution in [3.63, 3.8) is 0 Å². The first-order valence-electron chi connectivity index (χ1n) is 4.27. The molecule has 0 aliphatic heterocycles. The van der Waals surface area contributed by atoms with Crippen LogP contribution in [0.2, 0.25) is 10.0 Å². The predicted molar refractivity (Wildman–Crippen MR) is 59.2 cm³/mol. The lowest BCUT2D eigenvalue weighted by Crippen LogP contribution is -2.14. The summed E-state index contributed by atoms with van der Waals surface area (Å²) < 4.78 is 0. The summed E-state index contributed by atoms with van der Waals surface area (Å²) in [5, 5.41) is 11.6. The number of hydroxylamine groups is 2. The van der Waals surface area contributed by atoms with Gasteiger partial charge in [0, 0.05) is 23.6 Å². The first-order valence-corrected chi connectivity index (χ1v) is 5.03. The second-order valence-electron chi connectivity index (χ2n) is 3.38. The molecule has 0 unspecified atom stereocenters. The average Bonchev–Trinajstić information content (AvgIpc) is 2.09. The van der Waals surface area contributed by atoms with Gasteiger partial charge < -0.3 is 5.21 Å². The van der Waals surface area contributed by atoms with E-state index in [2.05, 4.69) is 0 Å². The zero-order valence-electron chi connectivity index (χ0n) is 8.43. The Morgan fingerprint density at radius 2 is 1.64 bits per heavy atom. The third kappa shape index (κ3) is 2.39. The van der Waals surface area contributed by atoms with Gasteiger partial charge in [0.1, 0.15) is 0 Å². The number of rotatable bonds is 2. The summed E-state index contributed by atoms with van der Waals surface area (Å²) >= 11 is 12.0. The topological polar surface area (TPSA) is 23.5 Å². The van der Waals surface area contributed by atoms with Crippen LogP contribution in [0.3, 0.4) is 0 Å². The van der Waals surface area contributed by atoms with E-state index in [1.54, 1.807) is 13.1 Å². The summed E-state index contributed by atoms with van der Waals surface area (Å²) in [6, 6.07) is 1.73. The molecule has 0 aliphatic carbocycles. The van der Waals surface area contributed by atoms with Crippen LogP contribution in [-0.2, 0) is 6.54 Å². The highest BCUT2D eigenvalue weighted by atomic mass is 35.5. The first-order chi connectivity index (χ1) is 6.43. The molecule has 0 heterocycles. The Bertz CT molecular complexity index is 324. The van der Waals surface area contributed by atoms with Gasteiger partial charge in [-0.05, 0) is 36.6 Å². The number of hydrogen-bond acceptors (Lipinski definition) is 2. The monoisotopic (exact) mass is 233 g/mol. The van der Waals surface area contributed by atoms with Gasteiger partial charge in [-0.3, -0.25) is 0 Å². The molecule has 0 aliphatic rings. The molecule has 0 radical (unpaired) electrons. The Hall–Kier alpha value is -0.280. The van der Waals surface area contributed by atoms with Gasteiger partial charge in [0.25, 0.3) is 0 Å². The van der Waals surface area contributed by atoms with Crippen molar-refractivity contribution in [2.75, 3.05) is 7.05 Å². The van der Waals surface area contributed by atoms with E-state index in [-0.39, 0.29) is 0 Å². The summed E-state index contributed by atoms with van der Waals surface area (Å²) in [6.45, 7) is 4.27. The van der Waals surface area contributed by atoms with E-state index in [0.717, 1.165) is 21.8 Å². The molecule has 0 amide bonds. The van der Waals surface area contributed by atoms with E-state index >= 15 is 0 Å². The van der Waals surface area contributed by atoms with E-state index in [0.29, 0.717) is 16.6 Å². The maximum absolute atomic E-state index is 9.18. The van der Waals surface area contributed by atoms with Gasteiger partial charge in [0.15, 0.2) is 0 Å². The molecule has 0 spiro atoms. The van der Waals surface area contributed by atoms with Crippen molar-refractivity contribution in [2.45, 2.75) is 20.4 Å². The highest BCUT2D eigenvalue weighted by molar-refractivity contribution is 6.35. The van der Waals surface area contributed by atoms with Crippen LogP contribution in [-0.4, -0.2) is 17.3 Å². The van der Waals surface area contributed by atoms with Gasteiger partial charge in [-0.1, -0.05) is 23.2 Å². The third-order valence-electron chi connectivity index (χ3n) is 2.26. The maximum atomic E-state index is 9.18. The van der Waals surface area contributed by atoms with Crippen molar-refractivity contribution in [1.29, 1.82) is 0 Å². The predicted octanol–water partition coefficient (Wildman–Crippen LogP) is 3.43. The molecule has 0 bridgehead atoms. The lowest BCUT2D eigenvalue weighted by Gasteiger charge is -2.15. The molecular formula is C10H13Cl2NO. The standard InChI is InChI=1S/C10H13Cl2NO/c1-6-8(5-13(3)14)7(2)10(12)4-9(6)11/h4,14H,5H2,1-3H3. The Kier molecular flexibility index (Phi) is 3.78. The molecule has 0 atom stereocenters. The van der Waals surface area contributed by atoms with Crippen LogP contribution in [0.5, 0.6) is 0 Å². The molecule has 14 heavy (non-hydrogen) atoms. The Labute approximate surface area is 94.0 Å². The summed E-state index contributed by atoms with van der Waals surface area (Å²) in [6.07, 6.45) is 0. The number of halogens is 2. The van der Waals surface area contributed by atoms with Gasteiger partial charge in [0.05, 0.1) is 0 Å². The average molecular weight is 234 g/mol. The van der Waals surface area contributed by atoms with Crippen molar-refractivity contribution in [3.8, 4) is 0 Å². The minimum absolute atomic E-state index is 0.429. The summed E-state index contributed by atoms with van der Waals surface area (Å²) in [5.74, 6) is 0. The van der Waals surface area contributed by atoms with Gasteiger partial charge in [-0.2, -0.15) is 5.06 Å². The van der Waals surface area contributed by atoms with Crippen LogP contribution in [0.25, 0.3) is 0 Å². The highest BCUT2D eigenvalue weighted by Crippen LogP contribution is 2.29. The Balaban J connectivity index is 3.25. The molecule has 78 valence electrons. The van der Waals surface area contributed by atoms with Crippen LogP contribution in [0.1, 0.15) is 16.7 Å². The van der Waals surface area contributed by atoms with Crippen LogP contribution in [0.15, 0.2) is 6.07 Å². The van der Waals surface area contributed by atoms with Crippen molar-refractivity contribution in [1.82, 2.24) is 5.06 Å². The molecule has 4 heteroatoms. The van der Waals surface area contributed by atoms with E-state index in [1.807, 2.05) is 13.8 Å². The quantitative estimate of drug-likeness (QED) is 0.792. The number of nitrogens with zero attached hydrogens (tertiary/aromatic N) is 1. The van der Waals surface area contributed by atoms with E-state index < -0.39 is 0 Å². The van der Waals surface area contributed by atoms with E-state index in [4.69, 9.17) is 23.2 Å². The molecule has 1 rings (SSSR count). The number of hydrogen-bond donors (Lipinski definition) is 1. The second kappa shape index (κ2) is 4.49. The SMILES string of the molecule is Cc1c(Cl)cc(Cl)c(C)c1CN(C)O. The lowest BCUT2D eigenvalue weighted by molar-refractivity contribution is -0.0734. The van der Waals surface area contributed by atoms with Crippen molar-refractivity contribution in [3.05, 3.63) is 32.8 Å². The Morgan fingerprint density at radius 1 is 1.21 bits per heavy atom. The van der Waals surface area contributed by atoms with Gasteiger partial charge >= 0.3 is 0 Å². The van der Waals surface area contributed by atoms with Crippen LogP contribution in [0.4, 0.5) is 0 Å². The van der Waals surface area contributed by atoms with E-state index in [1.165, 1.54) is 0 Å². The smallest absolute Gasteiger partial charge is 0.0491 e. The minimum atomic E-state index is 0.429. The van der Waals surface area contributed by atoms with Crippen LogP contribution >= 0.6 is 23.2 Å². The van der Waals surface area contributed by atoms with Gasteiger partial charge in [-0.15, -0.1) is 0 Å². The molecule has 1 N–H and O–H groups in total. The van der Waals surface area contributed by atoms with Crippen LogP contribution < -0.4 is 0 Å². The fraction of sp³-hybridized carbons (Fsp3) is 0.400. The third-order valence-corrected chi connectivity index (χ3v) is 3.05. The fourth-order valence-corrected chi connectivity index (χ4v) is 1.87. The number of benzene rings is 1. The zero-order valence-corrected chi connectivity index (χ0v) is 9.95. The normalized spacial score (nSPS) is 11.1. The molecule has 0 saturated heterocycles. The highest BCUT2D eigenvalue weighted by Gasteiger charge is 2.11. The summed E-state index contributed by atoms with van der Waals surface area (Å²) in [5.41, 5.74) is 2.91. The second-order valence-corrected chi connectivity index (χ2v) is 4.20. The largest absolute Gasteiger partial charge is 0.314 e. The zero-order chi connectivity index (χ0) is 10.9. The maximum Gasteiger partial charge on any atom is 0.0491 e. The Morgan fingerprint density at radius 3 is 2.00 bits per heavy atom. The van der Waals surface area contributed by atoms with Crippen molar-refractivity contribution in [2.24, 2.45) is 0 Å². The molecule has 1 aromatic rings. The molecule has 0 aromatic heterocycles. The van der Waals surface area contributed by atoms with Crippen molar-refractivity contribution >= 4 is 23.2 Å². The molecule has 0 fully saturated rings. The molecule has 2 nitrogen and oxygen atoms in total. The molecule has 1 aromatic carbocycles. The molecule has 0 saturated carbocycles. The summed E-state index contributed by atoms with van der Waals surface area (Å²) in [4.78, 5) is 0. The fourth-order valence-electron chi connectivity index (χ4n) is 1.36. The lowest BCUT2D eigenvalue weighted by atomic mass is 10.0. The van der Waals surface area contributed by atoms with Gasteiger partial charge in [0.2, 0.25) is 0 Å². The minimum Gasteiger partial charge on any atom is -0.314 e. The summed E-state index contributed by atoms with van der Waals surface area (Å²) in [7, 11) is 1.59.